The van der Waals surface area contributed by atoms with Gasteiger partial charge in [0.2, 0.25) is 5.91 Å². The molecule has 0 unspecified atom stereocenters. The largest absolute Gasteiger partial charge is 0.384 e. The van der Waals surface area contributed by atoms with Gasteiger partial charge in [-0.1, -0.05) is 27.2 Å². The normalized spacial score (nSPS) is 38.6. The van der Waals surface area contributed by atoms with E-state index in [4.69, 9.17) is 9.47 Å². The maximum Gasteiger partial charge on any atom is 0.222 e. The number of hydrogen-bond acceptors (Lipinski definition) is 3. The molecule has 1 heterocycles. The number of carbonyl (C=O) groups is 1. The van der Waals surface area contributed by atoms with Crippen LogP contribution in [-0.2, 0) is 14.3 Å². The first kappa shape index (κ1) is 17.7. The van der Waals surface area contributed by atoms with Crippen LogP contribution in [0.4, 0.5) is 0 Å². The first-order chi connectivity index (χ1) is 10.4. The molecule has 4 heteroatoms. The SMILES string of the molecule is COCCC(=O)N[C@@]1(C)C[C@H](C(C)C)O[C@@H]2C[C@H](C)CC[C@H]21. The second-order valence-corrected chi connectivity index (χ2v) is 7.89. The molecule has 2 aliphatic rings. The molecule has 128 valence electrons. The number of amides is 1. The highest BCUT2D eigenvalue weighted by molar-refractivity contribution is 5.77. The molecular weight excluding hydrogens is 278 g/mol. The van der Waals surface area contributed by atoms with Crippen molar-refractivity contribution in [3.05, 3.63) is 0 Å². The molecule has 0 aromatic carbocycles. The van der Waals surface area contributed by atoms with Crippen LogP contribution in [0.15, 0.2) is 0 Å². The number of fused-ring (bicyclic) bond motifs is 1. The Labute approximate surface area is 135 Å². The summed E-state index contributed by atoms with van der Waals surface area (Å²) in [6.45, 7) is 9.45. The van der Waals surface area contributed by atoms with Gasteiger partial charge in [0.15, 0.2) is 0 Å². The molecule has 0 aromatic heterocycles. The summed E-state index contributed by atoms with van der Waals surface area (Å²) in [5.41, 5.74) is -0.150. The standard InChI is InChI=1S/C18H33NO3/c1-12(2)16-11-18(4,19-17(20)8-9-21-5)14-7-6-13(3)10-15(14)22-16/h12-16H,6-11H2,1-5H3,(H,19,20)/t13-,14-,15-,16-,18+/m1/s1. The monoisotopic (exact) mass is 311 g/mol. The van der Waals surface area contributed by atoms with E-state index < -0.39 is 0 Å². The van der Waals surface area contributed by atoms with Gasteiger partial charge in [0, 0.05) is 25.0 Å². The smallest absolute Gasteiger partial charge is 0.222 e. The minimum absolute atomic E-state index is 0.103. The van der Waals surface area contributed by atoms with Gasteiger partial charge >= 0.3 is 0 Å². The molecule has 5 atom stereocenters. The molecule has 0 spiro atoms. The summed E-state index contributed by atoms with van der Waals surface area (Å²) in [5.74, 6) is 1.74. The summed E-state index contributed by atoms with van der Waals surface area (Å²) in [4.78, 5) is 12.3. The molecular formula is C18H33NO3. The lowest BCUT2D eigenvalue weighted by Crippen LogP contribution is -2.62. The molecule has 1 saturated carbocycles. The average molecular weight is 311 g/mol. The van der Waals surface area contributed by atoms with Crippen molar-refractivity contribution in [2.45, 2.75) is 77.5 Å². The van der Waals surface area contributed by atoms with E-state index in [1.807, 2.05) is 0 Å². The zero-order valence-electron chi connectivity index (χ0n) is 14.9. The van der Waals surface area contributed by atoms with Crippen LogP contribution in [0.25, 0.3) is 0 Å². The van der Waals surface area contributed by atoms with Gasteiger partial charge in [0.05, 0.1) is 18.8 Å². The van der Waals surface area contributed by atoms with Crippen molar-refractivity contribution in [2.24, 2.45) is 17.8 Å². The fourth-order valence-corrected chi connectivity index (χ4v) is 4.16. The van der Waals surface area contributed by atoms with E-state index in [9.17, 15) is 4.79 Å². The second-order valence-electron chi connectivity index (χ2n) is 7.89. The fraction of sp³-hybridized carbons (Fsp3) is 0.944. The molecule has 2 rings (SSSR count). The molecule has 1 aliphatic heterocycles. The Bertz CT molecular complexity index is 385. The van der Waals surface area contributed by atoms with Gasteiger partial charge in [-0.2, -0.15) is 0 Å². The average Bonchev–Trinajstić information content (AvgIpc) is 2.44. The Morgan fingerprint density at radius 2 is 2.14 bits per heavy atom. The molecule has 2 fully saturated rings. The summed E-state index contributed by atoms with van der Waals surface area (Å²) in [7, 11) is 1.64. The van der Waals surface area contributed by atoms with E-state index in [0.29, 0.717) is 24.9 Å². The lowest BCUT2D eigenvalue weighted by Gasteiger charge is -2.53. The minimum Gasteiger partial charge on any atom is -0.384 e. The number of ether oxygens (including phenoxy) is 2. The van der Waals surface area contributed by atoms with Crippen molar-refractivity contribution in [3.63, 3.8) is 0 Å². The number of hydrogen-bond donors (Lipinski definition) is 1. The van der Waals surface area contributed by atoms with Crippen LogP contribution in [0.3, 0.4) is 0 Å². The molecule has 1 N–H and O–H groups in total. The van der Waals surface area contributed by atoms with E-state index in [-0.39, 0.29) is 23.7 Å². The Morgan fingerprint density at radius 3 is 2.77 bits per heavy atom. The Hall–Kier alpha value is -0.610. The van der Waals surface area contributed by atoms with Crippen LogP contribution in [0.5, 0.6) is 0 Å². The van der Waals surface area contributed by atoms with Gasteiger partial charge in [-0.25, -0.2) is 0 Å². The van der Waals surface area contributed by atoms with Crippen LogP contribution in [0.2, 0.25) is 0 Å². The molecule has 1 saturated heterocycles. The molecule has 0 bridgehead atoms. The molecule has 0 aromatic rings. The highest BCUT2D eigenvalue weighted by Crippen LogP contribution is 2.45. The second kappa shape index (κ2) is 7.31. The van der Waals surface area contributed by atoms with Crippen LogP contribution in [-0.4, -0.2) is 37.4 Å². The Balaban J connectivity index is 2.12. The predicted molar refractivity (Wildman–Crippen MR) is 87.7 cm³/mol. The quantitative estimate of drug-likeness (QED) is 0.848. The van der Waals surface area contributed by atoms with Crippen molar-refractivity contribution < 1.29 is 14.3 Å². The van der Waals surface area contributed by atoms with Crippen molar-refractivity contribution in [3.8, 4) is 0 Å². The molecule has 1 amide bonds. The third-order valence-corrected chi connectivity index (χ3v) is 5.55. The summed E-state index contributed by atoms with van der Waals surface area (Å²) in [5, 5.41) is 3.33. The molecule has 4 nitrogen and oxygen atoms in total. The van der Waals surface area contributed by atoms with E-state index in [1.54, 1.807) is 7.11 Å². The molecule has 22 heavy (non-hydrogen) atoms. The van der Waals surface area contributed by atoms with Crippen molar-refractivity contribution in [1.82, 2.24) is 5.32 Å². The van der Waals surface area contributed by atoms with Gasteiger partial charge in [-0.3, -0.25) is 4.79 Å². The zero-order chi connectivity index (χ0) is 16.3. The van der Waals surface area contributed by atoms with Crippen molar-refractivity contribution >= 4 is 5.91 Å². The van der Waals surface area contributed by atoms with E-state index in [2.05, 4.69) is 33.0 Å². The molecule has 0 radical (unpaired) electrons. The van der Waals surface area contributed by atoms with E-state index in [0.717, 1.165) is 25.2 Å². The van der Waals surface area contributed by atoms with E-state index >= 15 is 0 Å². The lowest BCUT2D eigenvalue weighted by molar-refractivity contribution is -0.162. The summed E-state index contributed by atoms with van der Waals surface area (Å²) >= 11 is 0. The van der Waals surface area contributed by atoms with Crippen LogP contribution < -0.4 is 5.32 Å². The summed E-state index contributed by atoms with van der Waals surface area (Å²) in [6.07, 6.45) is 5.39. The fourth-order valence-electron chi connectivity index (χ4n) is 4.16. The van der Waals surface area contributed by atoms with E-state index in [1.165, 1.54) is 6.42 Å². The van der Waals surface area contributed by atoms with Gasteiger partial charge in [0.1, 0.15) is 0 Å². The number of carbonyl (C=O) groups excluding carboxylic acids is 1. The van der Waals surface area contributed by atoms with Gasteiger partial charge in [-0.15, -0.1) is 0 Å². The summed E-state index contributed by atoms with van der Waals surface area (Å²) in [6, 6.07) is 0. The highest BCUT2D eigenvalue weighted by Gasteiger charge is 2.49. The maximum atomic E-state index is 12.3. The maximum absolute atomic E-state index is 12.3. The number of methoxy groups -OCH3 is 1. The van der Waals surface area contributed by atoms with Crippen molar-refractivity contribution in [1.29, 1.82) is 0 Å². The Morgan fingerprint density at radius 1 is 1.41 bits per heavy atom. The lowest BCUT2D eigenvalue weighted by atomic mass is 9.66. The van der Waals surface area contributed by atoms with Gasteiger partial charge < -0.3 is 14.8 Å². The van der Waals surface area contributed by atoms with Crippen LogP contribution >= 0.6 is 0 Å². The number of rotatable bonds is 5. The number of nitrogens with one attached hydrogen (secondary N) is 1. The zero-order valence-corrected chi connectivity index (χ0v) is 14.9. The topological polar surface area (TPSA) is 47.6 Å². The highest BCUT2D eigenvalue weighted by atomic mass is 16.5. The Kier molecular flexibility index (Phi) is 5.89. The minimum atomic E-state index is -0.150. The first-order valence-corrected chi connectivity index (χ1v) is 8.81. The van der Waals surface area contributed by atoms with Crippen molar-refractivity contribution in [2.75, 3.05) is 13.7 Å². The summed E-state index contributed by atoms with van der Waals surface area (Å²) < 4.78 is 11.4. The third-order valence-electron chi connectivity index (χ3n) is 5.55. The third kappa shape index (κ3) is 4.02. The van der Waals surface area contributed by atoms with Gasteiger partial charge in [-0.05, 0) is 38.0 Å². The van der Waals surface area contributed by atoms with Crippen LogP contribution in [0.1, 0.15) is 59.8 Å². The molecule has 1 aliphatic carbocycles. The first-order valence-electron chi connectivity index (χ1n) is 8.81. The van der Waals surface area contributed by atoms with Crippen LogP contribution in [0, 0.1) is 17.8 Å². The van der Waals surface area contributed by atoms with Gasteiger partial charge in [0.25, 0.3) is 0 Å². The predicted octanol–water partition coefficient (Wildman–Crippen LogP) is 3.15.